The lowest BCUT2D eigenvalue weighted by Crippen LogP contribution is -2.65. The molecule has 5 nitrogen and oxygen atoms in total. The average molecular weight is 957 g/mol. The third-order valence-corrected chi connectivity index (χ3v) is 15.8. The highest BCUT2D eigenvalue weighted by Gasteiger charge is 2.50. The Bertz CT molecular complexity index is 4190. The van der Waals surface area contributed by atoms with Gasteiger partial charge in [-0.05, 0) is 109 Å². The van der Waals surface area contributed by atoms with Crippen LogP contribution in [0.1, 0.15) is 25.3 Å². The van der Waals surface area contributed by atoms with Crippen molar-refractivity contribution in [3.05, 3.63) is 161 Å². The zero-order valence-corrected chi connectivity index (χ0v) is 37.8. The van der Waals surface area contributed by atoms with Gasteiger partial charge in [0.05, 0.1) is 21.8 Å². The second-order valence-electron chi connectivity index (χ2n) is 18.5. The van der Waals surface area contributed by atoms with Crippen LogP contribution in [-0.4, -0.2) is 18.0 Å². The molecule has 12 aromatic rings. The van der Waals surface area contributed by atoms with Gasteiger partial charge in [0.25, 0.3) is 13.4 Å². The summed E-state index contributed by atoms with van der Waals surface area (Å²) in [5, 5.41) is 6.65. The van der Waals surface area contributed by atoms with Crippen molar-refractivity contribution in [1.82, 2.24) is 4.57 Å². The van der Waals surface area contributed by atoms with Crippen molar-refractivity contribution < 1.29 is 18.3 Å². The van der Waals surface area contributed by atoms with Crippen molar-refractivity contribution in [1.29, 1.82) is 0 Å². The monoisotopic (exact) mass is 957 g/mol. The first-order valence-corrected chi connectivity index (χ1v) is 24.1. The van der Waals surface area contributed by atoms with Gasteiger partial charge >= 0.3 is 0 Å². The quantitative estimate of drug-likeness (QED) is 0.127. The average Bonchev–Trinajstić information content (AvgIpc) is 4.03. The maximum Gasteiger partial charge on any atom is 0.256 e. The predicted molar refractivity (Wildman–Crippen MR) is 280 cm³/mol. The Labute approximate surface area is 392 Å². The number of furan rings is 2. The van der Waals surface area contributed by atoms with Crippen molar-refractivity contribution >= 4 is 134 Å². The van der Waals surface area contributed by atoms with Gasteiger partial charge in [-0.2, -0.15) is 0 Å². The Kier molecular flexibility index (Phi) is 7.00. The summed E-state index contributed by atoms with van der Waals surface area (Å²) in [6, 6.07) is 55.2. The van der Waals surface area contributed by atoms with Crippen LogP contribution in [0, 0.1) is 3.57 Å². The molecule has 308 valence electrons. The zero-order valence-electron chi connectivity index (χ0n) is 35.7. The van der Waals surface area contributed by atoms with E-state index in [2.05, 4.69) is 186 Å². The van der Waals surface area contributed by atoms with Crippen LogP contribution in [0.25, 0.3) is 93.6 Å². The molecule has 8 heteroatoms. The Morgan fingerprint density at radius 1 is 0.515 bits per heavy atom. The number of benzene rings is 9. The first-order chi connectivity index (χ1) is 32.6. The van der Waals surface area contributed by atoms with Crippen molar-refractivity contribution in [2.75, 3.05) is 0 Å². The van der Waals surface area contributed by atoms with Gasteiger partial charge in [-0.1, -0.05) is 135 Å². The van der Waals surface area contributed by atoms with E-state index in [-0.39, 0.29) is 13.4 Å². The number of ether oxygens (including phenoxy) is 2. The summed E-state index contributed by atoms with van der Waals surface area (Å²) in [6.07, 6.45) is 3.30. The topological polar surface area (TPSA) is 49.7 Å². The highest BCUT2D eigenvalue weighted by molar-refractivity contribution is 14.1. The number of nitrogens with zero attached hydrogens (tertiary/aromatic N) is 1. The molecular formula is C58H34B2INO4. The summed E-state index contributed by atoms with van der Waals surface area (Å²) < 4.78 is 32.9. The number of rotatable bonds is 5. The molecule has 16 rings (SSSR count). The predicted octanol–water partition coefficient (Wildman–Crippen LogP) is 11.7. The van der Waals surface area contributed by atoms with E-state index in [1.54, 1.807) is 0 Å². The summed E-state index contributed by atoms with van der Waals surface area (Å²) in [4.78, 5) is 0. The van der Waals surface area contributed by atoms with E-state index in [4.69, 9.17) is 18.3 Å². The lowest BCUT2D eigenvalue weighted by molar-refractivity contribution is 0.467. The molecule has 0 atom stereocenters. The minimum Gasteiger partial charge on any atom is -0.458 e. The van der Waals surface area contributed by atoms with Gasteiger partial charge < -0.3 is 22.9 Å². The molecule has 0 saturated heterocycles. The Balaban J connectivity index is 1.13. The number of fused-ring (bicyclic) bond motifs is 15. The van der Waals surface area contributed by atoms with Crippen molar-refractivity contribution in [3.8, 4) is 50.9 Å². The molecule has 0 spiro atoms. The maximum atomic E-state index is 7.37. The van der Waals surface area contributed by atoms with Gasteiger partial charge in [-0.25, -0.2) is 0 Å². The molecule has 0 fully saturated rings. The summed E-state index contributed by atoms with van der Waals surface area (Å²) in [7, 11) is 0. The standard InChI is InChI=1S/C58H34B2INO4/c1-2-3-12-30-21-23-36-38-27-42-52-48(57(38)63-44(36)25-30)49-53-43(28-39-37-24-22-33(61)26-45(37)64-58(39)49)60-41-20-11-18-35(32-15-8-5-9-16-32)56(41)66-47-29-46-50(54(51(47)60)62(52)53)59(42)40-19-10-17-34(55(40)65-46)31-13-6-4-7-14-31/h4-11,13-29H,2-3,12H2,1H3. The molecule has 0 amide bonds. The molecule has 3 aromatic heterocycles. The summed E-state index contributed by atoms with van der Waals surface area (Å²) in [5.41, 5.74) is 19.8. The van der Waals surface area contributed by atoms with Crippen LogP contribution in [0.15, 0.2) is 160 Å². The van der Waals surface area contributed by atoms with Crippen LogP contribution in [0.5, 0.6) is 23.0 Å². The van der Waals surface area contributed by atoms with Gasteiger partial charge in [-0.3, -0.25) is 0 Å². The minimum absolute atomic E-state index is 0.141. The molecule has 0 aliphatic carbocycles. The summed E-state index contributed by atoms with van der Waals surface area (Å²) >= 11 is 2.40. The number of para-hydroxylation sites is 2. The Morgan fingerprint density at radius 3 is 1.62 bits per heavy atom. The van der Waals surface area contributed by atoms with E-state index in [0.29, 0.717) is 0 Å². The molecule has 4 aliphatic heterocycles. The number of unbranched alkanes of at least 4 members (excludes halogenated alkanes) is 1. The first-order valence-electron chi connectivity index (χ1n) is 23.1. The smallest absolute Gasteiger partial charge is 0.256 e. The van der Waals surface area contributed by atoms with Gasteiger partial charge in [0.15, 0.2) is 0 Å². The number of halogens is 1. The fourth-order valence-corrected chi connectivity index (χ4v) is 12.9. The van der Waals surface area contributed by atoms with Crippen LogP contribution in [0.3, 0.4) is 0 Å². The van der Waals surface area contributed by atoms with Gasteiger partial charge in [-0.15, -0.1) is 0 Å². The van der Waals surface area contributed by atoms with E-state index < -0.39 is 0 Å². The molecule has 0 bridgehead atoms. The van der Waals surface area contributed by atoms with Crippen molar-refractivity contribution in [3.63, 3.8) is 0 Å². The van der Waals surface area contributed by atoms with E-state index in [0.717, 1.165) is 150 Å². The van der Waals surface area contributed by atoms with E-state index in [1.165, 1.54) is 27.4 Å². The number of aryl methyl sites for hydroxylation is 1. The number of hydrogen-bond donors (Lipinski definition) is 0. The maximum absolute atomic E-state index is 7.37. The molecule has 0 unspecified atom stereocenters. The molecule has 66 heavy (non-hydrogen) atoms. The summed E-state index contributed by atoms with van der Waals surface area (Å²) in [5.74, 6) is 3.41. The van der Waals surface area contributed by atoms with Crippen molar-refractivity contribution in [2.24, 2.45) is 0 Å². The molecular weight excluding hydrogens is 923 g/mol. The minimum atomic E-state index is -0.142. The fourth-order valence-electron chi connectivity index (χ4n) is 12.4. The molecule has 0 N–H and O–H groups in total. The largest absolute Gasteiger partial charge is 0.458 e. The van der Waals surface area contributed by atoms with Crippen LogP contribution in [0.4, 0.5) is 0 Å². The van der Waals surface area contributed by atoms with Gasteiger partial charge in [0.1, 0.15) is 45.3 Å². The molecule has 9 aromatic carbocycles. The molecule has 0 radical (unpaired) electrons. The van der Waals surface area contributed by atoms with E-state index >= 15 is 0 Å². The SMILES string of the molecule is CCCCc1ccc2c(c1)oc1c2cc2c3c1c1c4oc5cc(I)ccc5c4cc4c1n3-c1c3c(cc5c1B2c1cccc(-c2ccccc2)c1O5)Oc1c(cccc1-c1ccccc1)B34. The third kappa shape index (κ3) is 4.48. The Hall–Kier alpha value is -7.16. The van der Waals surface area contributed by atoms with E-state index in [9.17, 15) is 0 Å². The van der Waals surface area contributed by atoms with Crippen LogP contribution in [-0.2, 0) is 6.42 Å². The van der Waals surface area contributed by atoms with Crippen LogP contribution < -0.4 is 42.3 Å². The van der Waals surface area contributed by atoms with Crippen LogP contribution >= 0.6 is 22.6 Å². The zero-order chi connectivity index (χ0) is 43.1. The number of aromatic nitrogens is 1. The molecule has 4 aliphatic rings. The van der Waals surface area contributed by atoms with Gasteiger partial charge in [0, 0.05) is 48.0 Å². The second-order valence-corrected chi connectivity index (χ2v) is 19.8. The lowest BCUT2D eigenvalue weighted by atomic mass is 9.30. The second kappa shape index (κ2) is 12.8. The Morgan fingerprint density at radius 2 is 1.06 bits per heavy atom. The highest BCUT2D eigenvalue weighted by Crippen LogP contribution is 2.50. The highest BCUT2D eigenvalue weighted by atomic mass is 127. The molecule has 0 saturated carbocycles. The molecule has 7 heterocycles. The normalized spacial score (nSPS) is 13.7. The summed E-state index contributed by atoms with van der Waals surface area (Å²) in [6.45, 7) is 1.97. The lowest BCUT2D eigenvalue weighted by Gasteiger charge is -2.41. The van der Waals surface area contributed by atoms with Crippen molar-refractivity contribution in [2.45, 2.75) is 26.2 Å². The number of hydrogen-bond acceptors (Lipinski definition) is 4. The first kappa shape index (κ1) is 36.1. The van der Waals surface area contributed by atoms with Crippen LogP contribution in [0.2, 0.25) is 0 Å². The fraction of sp³-hybridized carbons (Fsp3) is 0.0690. The third-order valence-electron chi connectivity index (χ3n) is 15.1. The van der Waals surface area contributed by atoms with Gasteiger partial charge in [0.2, 0.25) is 0 Å². The van der Waals surface area contributed by atoms with E-state index in [1.807, 2.05) is 0 Å².